The highest BCUT2D eigenvalue weighted by Gasteiger charge is 2.53. The van der Waals surface area contributed by atoms with Gasteiger partial charge in [-0.1, -0.05) is 6.07 Å². The summed E-state index contributed by atoms with van der Waals surface area (Å²) in [5, 5.41) is 12.0. The Kier molecular flexibility index (Phi) is 3.43. The van der Waals surface area contributed by atoms with Gasteiger partial charge in [0.1, 0.15) is 5.82 Å². The maximum atomic E-state index is 13.5. The number of carbonyl (C=O) groups is 2. The Morgan fingerprint density at radius 1 is 1.24 bits per heavy atom. The molecule has 2 aliphatic carbocycles. The van der Waals surface area contributed by atoms with Gasteiger partial charge in [0.2, 0.25) is 5.91 Å². The number of carboxylic acids is 1. The van der Waals surface area contributed by atoms with Crippen molar-refractivity contribution in [3.05, 3.63) is 29.6 Å². The van der Waals surface area contributed by atoms with Crippen LogP contribution in [0.1, 0.15) is 24.8 Å². The van der Waals surface area contributed by atoms with Crippen LogP contribution in [0, 0.1) is 36.4 Å². The van der Waals surface area contributed by atoms with Crippen LogP contribution >= 0.6 is 0 Å². The highest BCUT2D eigenvalue weighted by Crippen LogP contribution is 2.52. The summed E-state index contributed by atoms with van der Waals surface area (Å²) in [6, 6.07) is 4.51. The molecule has 2 aliphatic rings. The summed E-state index contributed by atoms with van der Waals surface area (Å²) in [5.41, 5.74) is 0.895. The number of carbonyl (C=O) groups excluding carboxylic acids is 1. The standard InChI is InChI=1S/C16H18FNO3/c1-8-2-5-11(7-12(8)17)18-15(19)13-9-3-4-10(6-9)14(13)16(20)21/h2,5,7,9-10,13-14H,3-4,6H2,1H3,(H,18,19)(H,20,21)/t9-,10-,13+,14+/m0/s1. The summed E-state index contributed by atoms with van der Waals surface area (Å²) in [7, 11) is 0. The number of rotatable bonds is 3. The van der Waals surface area contributed by atoms with E-state index in [4.69, 9.17) is 0 Å². The predicted octanol–water partition coefficient (Wildman–Crippen LogP) is 2.82. The van der Waals surface area contributed by atoms with Crippen LogP contribution in [0.25, 0.3) is 0 Å². The predicted molar refractivity (Wildman–Crippen MR) is 75.2 cm³/mol. The molecule has 0 aromatic heterocycles. The number of hydrogen-bond donors (Lipinski definition) is 2. The monoisotopic (exact) mass is 291 g/mol. The second kappa shape index (κ2) is 5.13. The number of aryl methyl sites for hydroxylation is 1. The molecule has 112 valence electrons. The fraction of sp³-hybridized carbons (Fsp3) is 0.500. The summed E-state index contributed by atoms with van der Waals surface area (Å²) in [6.45, 7) is 1.65. The van der Waals surface area contributed by atoms with Crippen molar-refractivity contribution in [1.82, 2.24) is 0 Å². The van der Waals surface area contributed by atoms with Crippen molar-refractivity contribution < 1.29 is 19.1 Å². The van der Waals surface area contributed by atoms with Crippen LogP contribution in [0.2, 0.25) is 0 Å². The average Bonchev–Trinajstić information content (AvgIpc) is 3.03. The lowest BCUT2D eigenvalue weighted by atomic mass is 9.78. The van der Waals surface area contributed by atoms with Crippen LogP contribution in [0.5, 0.6) is 0 Å². The van der Waals surface area contributed by atoms with Crippen LogP contribution < -0.4 is 5.32 Å². The van der Waals surface area contributed by atoms with Crippen LogP contribution in [0.3, 0.4) is 0 Å². The van der Waals surface area contributed by atoms with Gasteiger partial charge in [0, 0.05) is 5.69 Å². The zero-order valence-electron chi connectivity index (χ0n) is 11.8. The number of nitrogens with one attached hydrogen (secondary N) is 1. The first kappa shape index (κ1) is 14.0. The van der Waals surface area contributed by atoms with E-state index in [9.17, 15) is 19.1 Å². The quantitative estimate of drug-likeness (QED) is 0.900. The molecule has 0 aliphatic heterocycles. The number of carboxylic acid groups (broad SMARTS) is 1. The number of hydrogen-bond acceptors (Lipinski definition) is 2. The molecule has 2 N–H and O–H groups in total. The van der Waals surface area contributed by atoms with E-state index in [1.165, 1.54) is 6.07 Å². The van der Waals surface area contributed by atoms with Crippen molar-refractivity contribution in [2.75, 3.05) is 5.32 Å². The Labute approximate surface area is 122 Å². The molecular formula is C16H18FNO3. The Balaban J connectivity index is 1.78. The van der Waals surface area contributed by atoms with Gasteiger partial charge in [-0.2, -0.15) is 0 Å². The SMILES string of the molecule is Cc1ccc(NC(=O)[C@@H]2[C@H]3CC[C@@H](C3)[C@H]2C(=O)O)cc1F. The summed E-state index contributed by atoms with van der Waals surface area (Å²) >= 11 is 0. The van der Waals surface area contributed by atoms with E-state index in [0.717, 1.165) is 19.3 Å². The average molecular weight is 291 g/mol. The largest absolute Gasteiger partial charge is 0.481 e. The van der Waals surface area contributed by atoms with Gasteiger partial charge in [-0.15, -0.1) is 0 Å². The summed E-state index contributed by atoms with van der Waals surface area (Å²) in [4.78, 5) is 23.8. The molecular weight excluding hydrogens is 273 g/mol. The molecule has 2 bridgehead atoms. The molecule has 3 rings (SSSR count). The van der Waals surface area contributed by atoms with Crippen LogP contribution in [-0.4, -0.2) is 17.0 Å². The maximum absolute atomic E-state index is 13.5. The number of halogens is 1. The van der Waals surface area contributed by atoms with E-state index >= 15 is 0 Å². The van der Waals surface area contributed by atoms with Crippen molar-refractivity contribution in [1.29, 1.82) is 0 Å². The Morgan fingerprint density at radius 2 is 1.90 bits per heavy atom. The van der Waals surface area contributed by atoms with Gasteiger partial charge in [0.25, 0.3) is 0 Å². The normalized spacial score (nSPS) is 30.4. The first-order chi connectivity index (χ1) is 9.97. The van der Waals surface area contributed by atoms with E-state index in [-0.39, 0.29) is 23.6 Å². The molecule has 0 unspecified atom stereocenters. The second-order valence-electron chi connectivity index (χ2n) is 6.18. The lowest BCUT2D eigenvalue weighted by molar-refractivity contribution is -0.148. The molecule has 5 heteroatoms. The first-order valence-electron chi connectivity index (χ1n) is 7.27. The van der Waals surface area contributed by atoms with Gasteiger partial charge < -0.3 is 10.4 Å². The summed E-state index contributed by atoms with van der Waals surface area (Å²) in [6.07, 6.45) is 2.62. The second-order valence-corrected chi connectivity index (χ2v) is 6.18. The highest BCUT2D eigenvalue weighted by atomic mass is 19.1. The molecule has 1 aromatic rings. The number of fused-ring (bicyclic) bond motifs is 2. The third kappa shape index (κ3) is 2.41. The lowest BCUT2D eigenvalue weighted by Gasteiger charge is -2.27. The summed E-state index contributed by atoms with van der Waals surface area (Å²) in [5.74, 6) is -2.40. The van der Waals surface area contributed by atoms with Gasteiger partial charge >= 0.3 is 5.97 Å². The number of anilines is 1. The van der Waals surface area contributed by atoms with Gasteiger partial charge in [-0.25, -0.2) is 4.39 Å². The smallest absolute Gasteiger partial charge is 0.307 e. The number of amides is 1. The first-order valence-corrected chi connectivity index (χ1v) is 7.27. The van der Waals surface area contributed by atoms with Gasteiger partial charge in [0.05, 0.1) is 11.8 Å². The minimum absolute atomic E-state index is 0.109. The van der Waals surface area contributed by atoms with E-state index in [1.54, 1.807) is 19.1 Å². The summed E-state index contributed by atoms with van der Waals surface area (Å²) < 4.78 is 13.5. The number of aliphatic carboxylic acids is 1. The minimum Gasteiger partial charge on any atom is -0.481 e. The number of benzene rings is 1. The fourth-order valence-electron chi connectivity index (χ4n) is 3.92. The molecule has 2 saturated carbocycles. The third-order valence-corrected chi connectivity index (χ3v) is 4.94. The van der Waals surface area contributed by atoms with Crippen molar-refractivity contribution in [3.63, 3.8) is 0 Å². The molecule has 4 nitrogen and oxygen atoms in total. The topological polar surface area (TPSA) is 66.4 Å². The van der Waals surface area contributed by atoms with E-state index < -0.39 is 17.8 Å². The van der Waals surface area contributed by atoms with E-state index in [1.807, 2.05) is 0 Å². The van der Waals surface area contributed by atoms with Crippen molar-refractivity contribution >= 4 is 17.6 Å². The molecule has 0 radical (unpaired) electrons. The molecule has 0 spiro atoms. The van der Waals surface area contributed by atoms with Crippen LogP contribution in [-0.2, 0) is 9.59 Å². The van der Waals surface area contributed by atoms with Gasteiger partial charge in [0.15, 0.2) is 0 Å². The van der Waals surface area contributed by atoms with Crippen molar-refractivity contribution in [2.24, 2.45) is 23.7 Å². The molecule has 1 amide bonds. The molecule has 0 saturated heterocycles. The molecule has 4 atom stereocenters. The third-order valence-electron chi connectivity index (χ3n) is 4.94. The zero-order valence-corrected chi connectivity index (χ0v) is 11.8. The maximum Gasteiger partial charge on any atom is 0.307 e. The van der Waals surface area contributed by atoms with Crippen molar-refractivity contribution in [3.8, 4) is 0 Å². The Morgan fingerprint density at radius 3 is 2.52 bits per heavy atom. The Bertz CT molecular complexity index is 601. The minimum atomic E-state index is -0.891. The van der Waals surface area contributed by atoms with Crippen LogP contribution in [0.15, 0.2) is 18.2 Å². The van der Waals surface area contributed by atoms with Gasteiger partial charge in [-0.3, -0.25) is 9.59 Å². The van der Waals surface area contributed by atoms with Crippen LogP contribution in [0.4, 0.5) is 10.1 Å². The molecule has 2 fully saturated rings. The van der Waals surface area contributed by atoms with Crippen molar-refractivity contribution in [2.45, 2.75) is 26.2 Å². The Hall–Kier alpha value is -1.91. The zero-order chi connectivity index (χ0) is 15.1. The fourth-order valence-corrected chi connectivity index (χ4v) is 3.92. The molecule has 21 heavy (non-hydrogen) atoms. The van der Waals surface area contributed by atoms with E-state index in [2.05, 4.69) is 5.32 Å². The molecule has 1 aromatic carbocycles. The molecule has 0 heterocycles. The van der Waals surface area contributed by atoms with E-state index in [0.29, 0.717) is 11.3 Å². The highest BCUT2D eigenvalue weighted by molar-refractivity contribution is 5.96. The lowest BCUT2D eigenvalue weighted by Crippen LogP contribution is -2.37. The van der Waals surface area contributed by atoms with Gasteiger partial charge in [-0.05, 0) is 55.7 Å².